The molecule has 1 heterocycles. The minimum absolute atomic E-state index is 0.0767. The van der Waals surface area contributed by atoms with Gasteiger partial charge in [0, 0.05) is 12.6 Å². The van der Waals surface area contributed by atoms with Crippen molar-refractivity contribution >= 4 is 15.7 Å². The molecule has 1 saturated heterocycles. The Balaban J connectivity index is 2.06. The molecule has 2 rings (SSSR count). The van der Waals surface area contributed by atoms with Gasteiger partial charge in [-0.15, -0.1) is 0 Å². The Morgan fingerprint density at radius 2 is 2.05 bits per heavy atom. The van der Waals surface area contributed by atoms with Gasteiger partial charge in [-0.2, -0.15) is 0 Å². The molecule has 0 radical (unpaired) electrons. The maximum Gasteiger partial charge on any atom is 0.242 e. The van der Waals surface area contributed by atoms with Crippen LogP contribution in [0.3, 0.4) is 0 Å². The summed E-state index contributed by atoms with van der Waals surface area (Å²) in [5, 5.41) is 0. The lowest BCUT2D eigenvalue weighted by molar-refractivity contribution is 0.313. The van der Waals surface area contributed by atoms with E-state index >= 15 is 0 Å². The van der Waals surface area contributed by atoms with Crippen molar-refractivity contribution < 1.29 is 12.8 Å². The summed E-state index contributed by atoms with van der Waals surface area (Å²) in [4.78, 5) is 2.15. The molecular formula is C13H20FN3O2S. The zero-order valence-electron chi connectivity index (χ0n) is 11.5. The first-order valence-corrected chi connectivity index (χ1v) is 8.16. The number of nitrogens with one attached hydrogen (secondary N) is 1. The molecule has 20 heavy (non-hydrogen) atoms. The number of likely N-dealkylation sites (tertiary alicyclic amines) is 1. The highest BCUT2D eigenvalue weighted by Crippen LogP contribution is 2.19. The summed E-state index contributed by atoms with van der Waals surface area (Å²) in [5.74, 6) is -0.549. The van der Waals surface area contributed by atoms with E-state index in [1.54, 1.807) is 0 Å². The summed E-state index contributed by atoms with van der Waals surface area (Å²) in [6, 6.07) is 3.08. The molecule has 5 nitrogen and oxygen atoms in total. The molecule has 0 aliphatic carbocycles. The van der Waals surface area contributed by atoms with Gasteiger partial charge in [0.05, 0.1) is 5.69 Å². The zero-order chi connectivity index (χ0) is 14.8. The van der Waals surface area contributed by atoms with Crippen molar-refractivity contribution in [1.82, 2.24) is 9.62 Å². The second kappa shape index (κ2) is 6.07. The largest absolute Gasteiger partial charge is 0.398 e. The summed E-state index contributed by atoms with van der Waals surface area (Å²) in [5.41, 5.74) is 5.50. The van der Waals surface area contributed by atoms with Crippen molar-refractivity contribution in [2.45, 2.75) is 30.7 Å². The van der Waals surface area contributed by atoms with Crippen LogP contribution in [0.25, 0.3) is 0 Å². The van der Waals surface area contributed by atoms with Crippen molar-refractivity contribution in [2.24, 2.45) is 0 Å². The summed E-state index contributed by atoms with van der Waals surface area (Å²) < 4.78 is 40.0. The number of nitrogens with zero attached hydrogens (tertiary/aromatic N) is 1. The van der Waals surface area contributed by atoms with E-state index in [9.17, 15) is 12.8 Å². The maximum atomic E-state index is 13.0. The number of nitrogen functional groups attached to an aromatic ring is 1. The first kappa shape index (κ1) is 15.2. The lowest BCUT2D eigenvalue weighted by Gasteiger charge is -2.21. The molecule has 1 aromatic rings. The minimum Gasteiger partial charge on any atom is -0.398 e. The van der Waals surface area contributed by atoms with Crippen LogP contribution in [0.4, 0.5) is 10.1 Å². The predicted molar refractivity (Wildman–Crippen MR) is 76.3 cm³/mol. The number of hydrogen-bond donors (Lipinski definition) is 2. The van der Waals surface area contributed by atoms with Gasteiger partial charge in [0.1, 0.15) is 10.7 Å². The summed E-state index contributed by atoms with van der Waals surface area (Å²) in [6.07, 6.45) is 2.31. The van der Waals surface area contributed by atoms with Crippen LogP contribution in [0.5, 0.6) is 0 Å². The molecule has 0 spiro atoms. The van der Waals surface area contributed by atoms with Crippen molar-refractivity contribution in [1.29, 1.82) is 0 Å². The number of anilines is 1. The molecule has 1 aromatic carbocycles. The van der Waals surface area contributed by atoms with E-state index in [2.05, 4.69) is 9.62 Å². The third-order valence-electron chi connectivity index (χ3n) is 3.35. The zero-order valence-corrected chi connectivity index (χ0v) is 12.3. The molecule has 1 aliphatic heterocycles. The highest BCUT2D eigenvalue weighted by molar-refractivity contribution is 7.89. The second-order valence-corrected chi connectivity index (χ2v) is 6.89. The van der Waals surface area contributed by atoms with Crippen LogP contribution < -0.4 is 10.5 Å². The van der Waals surface area contributed by atoms with Crippen LogP contribution in [0, 0.1) is 5.82 Å². The van der Waals surface area contributed by atoms with E-state index in [0.717, 1.165) is 38.1 Å². The average Bonchev–Trinajstić information content (AvgIpc) is 2.79. The lowest BCUT2D eigenvalue weighted by atomic mass is 10.3. The third kappa shape index (κ3) is 3.68. The fraction of sp³-hybridized carbons (Fsp3) is 0.538. The third-order valence-corrected chi connectivity index (χ3v) is 5.01. The van der Waals surface area contributed by atoms with Crippen molar-refractivity contribution in [3.63, 3.8) is 0 Å². The standard InChI is InChI=1S/C13H20FN3O2S/c1-10(9-17-6-2-3-7-17)16-20(18,19)13-5-4-11(14)8-12(13)15/h4-5,8,10,16H,2-3,6-7,9,15H2,1H3. The molecular weight excluding hydrogens is 281 g/mol. The SMILES string of the molecule is CC(CN1CCCC1)NS(=O)(=O)c1ccc(F)cc1N. The van der Waals surface area contributed by atoms with E-state index in [0.29, 0.717) is 6.54 Å². The Morgan fingerprint density at radius 1 is 1.40 bits per heavy atom. The van der Waals surface area contributed by atoms with Gasteiger partial charge in [0.25, 0.3) is 0 Å². The molecule has 1 fully saturated rings. The van der Waals surface area contributed by atoms with E-state index < -0.39 is 15.8 Å². The van der Waals surface area contributed by atoms with E-state index in [-0.39, 0.29) is 16.6 Å². The molecule has 112 valence electrons. The van der Waals surface area contributed by atoms with Crippen molar-refractivity contribution in [3.8, 4) is 0 Å². The maximum absolute atomic E-state index is 13.0. The van der Waals surface area contributed by atoms with Crippen LogP contribution >= 0.6 is 0 Å². The van der Waals surface area contributed by atoms with E-state index in [4.69, 9.17) is 5.73 Å². The van der Waals surface area contributed by atoms with Gasteiger partial charge in [0.15, 0.2) is 0 Å². The Labute approximate surface area is 119 Å². The lowest BCUT2D eigenvalue weighted by Crippen LogP contribution is -2.41. The normalized spacial score (nSPS) is 18.3. The summed E-state index contributed by atoms with van der Waals surface area (Å²) in [7, 11) is -3.72. The smallest absolute Gasteiger partial charge is 0.242 e. The summed E-state index contributed by atoms with van der Waals surface area (Å²) >= 11 is 0. The highest BCUT2D eigenvalue weighted by atomic mass is 32.2. The van der Waals surface area contributed by atoms with Crippen LogP contribution in [-0.4, -0.2) is 39.0 Å². The van der Waals surface area contributed by atoms with Crippen molar-refractivity contribution in [3.05, 3.63) is 24.0 Å². The van der Waals surface area contributed by atoms with Gasteiger partial charge in [0.2, 0.25) is 10.0 Å². The number of hydrogen-bond acceptors (Lipinski definition) is 4. The van der Waals surface area contributed by atoms with E-state index in [1.807, 2.05) is 6.92 Å². The van der Waals surface area contributed by atoms with Crippen LogP contribution in [0.15, 0.2) is 23.1 Å². The fourth-order valence-corrected chi connectivity index (χ4v) is 3.83. The molecule has 1 atom stereocenters. The average molecular weight is 301 g/mol. The second-order valence-electron chi connectivity index (χ2n) is 5.21. The molecule has 0 amide bonds. The Kier molecular flexibility index (Phi) is 4.62. The fourth-order valence-electron chi connectivity index (χ4n) is 2.48. The Hall–Kier alpha value is -1.18. The minimum atomic E-state index is -3.72. The number of sulfonamides is 1. The molecule has 1 unspecified atom stereocenters. The van der Waals surface area contributed by atoms with Gasteiger partial charge < -0.3 is 10.6 Å². The topological polar surface area (TPSA) is 75.4 Å². The monoisotopic (exact) mass is 301 g/mol. The van der Waals surface area contributed by atoms with Gasteiger partial charge >= 0.3 is 0 Å². The number of nitrogens with two attached hydrogens (primary N) is 1. The molecule has 0 bridgehead atoms. The van der Waals surface area contributed by atoms with Crippen LogP contribution in [0.2, 0.25) is 0 Å². The molecule has 0 aromatic heterocycles. The van der Waals surface area contributed by atoms with Crippen LogP contribution in [0.1, 0.15) is 19.8 Å². The number of halogens is 1. The first-order valence-electron chi connectivity index (χ1n) is 6.68. The van der Waals surface area contributed by atoms with Crippen molar-refractivity contribution in [2.75, 3.05) is 25.4 Å². The molecule has 7 heteroatoms. The predicted octanol–water partition coefficient (Wildman–Crippen LogP) is 1.17. The van der Waals surface area contributed by atoms with Crippen LogP contribution in [-0.2, 0) is 10.0 Å². The van der Waals surface area contributed by atoms with Gasteiger partial charge in [-0.05, 0) is 51.1 Å². The van der Waals surface area contributed by atoms with Gasteiger partial charge in [-0.25, -0.2) is 17.5 Å². The Morgan fingerprint density at radius 3 is 2.65 bits per heavy atom. The molecule has 1 aliphatic rings. The number of rotatable bonds is 5. The number of benzene rings is 1. The highest BCUT2D eigenvalue weighted by Gasteiger charge is 2.22. The first-order chi connectivity index (χ1) is 9.38. The van der Waals surface area contributed by atoms with Gasteiger partial charge in [-0.3, -0.25) is 0 Å². The van der Waals surface area contributed by atoms with E-state index in [1.165, 1.54) is 6.07 Å². The Bertz CT molecular complexity index is 571. The quantitative estimate of drug-likeness (QED) is 0.801. The van der Waals surface area contributed by atoms with Gasteiger partial charge in [-0.1, -0.05) is 0 Å². The molecule has 3 N–H and O–H groups in total. The summed E-state index contributed by atoms with van der Waals surface area (Å²) in [6.45, 7) is 4.49. The molecule has 0 saturated carbocycles.